The van der Waals surface area contributed by atoms with Gasteiger partial charge in [0.1, 0.15) is 5.69 Å². The Labute approximate surface area is 155 Å². The van der Waals surface area contributed by atoms with Gasteiger partial charge in [0.2, 0.25) is 10.0 Å². The van der Waals surface area contributed by atoms with Crippen molar-refractivity contribution in [3.63, 3.8) is 0 Å². The van der Waals surface area contributed by atoms with Crippen LogP contribution in [0.4, 0.5) is 11.4 Å². The molecule has 0 bridgehead atoms. The third kappa shape index (κ3) is 3.71. The third-order valence-electron chi connectivity index (χ3n) is 5.51. The van der Waals surface area contributed by atoms with Crippen molar-refractivity contribution in [1.82, 2.24) is 4.31 Å². The van der Waals surface area contributed by atoms with Gasteiger partial charge in [-0.1, -0.05) is 19.3 Å². The number of nitrogens with zero attached hydrogens (tertiary/aromatic N) is 3. The second-order valence-electron chi connectivity index (χ2n) is 7.10. The van der Waals surface area contributed by atoms with Gasteiger partial charge in [0.15, 0.2) is 0 Å². The van der Waals surface area contributed by atoms with Gasteiger partial charge in [-0.2, -0.15) is 4.31 Å². The number of nitro groups is 1. The lowest BCUT2D eigenvalue weighted by molar-refractivity contribution is -0.384. The summed E-state index contributed by atoms with van der Waals surface area (Å²) in [6.45, 7) is 3.64. The molecule has 144 valence electrons. The van der Waals surface area contributed by atoms with Crippen molar-refractivity contribution in [2.24, 2.45) is 0 Å². The van der Waals surface area contributed by atoms with E-state index in [1.54, 1.807) is 6.07 Å². The van der Waals surface area contributed by atoms with E-state index in [4.69, 9.17) is 0 Å². The first-order valence-electron chi connectivity index (χ1n) is 9.50. The van der Waals surface area contributed by atoms with E-state index in [2.05, 4.69) is 4.90 Å². The van der Waals surface area contributed by atoms with Crippen LogP contribution in [0, 0.1) is 10.1 Å². The highest BCUT2D eigenvalue weighted by molar-refractivity contribution is 7.89. The van der Waals surface area contributed by atoms with Crippen LogP contribution in [0.1, 0.15) is 51.9 Å². The van der Waals surface area contributed by atoms with Crippen LogP contribution in [0.25, 0.3) is 0 Å². The van der Waals surface area contributed by atoms with Crippen LogP contribution in [0.5, 0.6) is 0 Å². The minimum atomic E-state index is -3.66. The van der Waals surface area contributed by atoms with Gasteiger partial charge in [0.05, 0.1) is 9.82 Å². The number of anilines is 1. The van der Waals surface area contributed by atoms with Crippen LogP contribution in [0.15, 0.2) is 23.1 Å². The maximum absolute atomic E-state index is 12.8. The highest BCUT2D eigenvalue weighted by Gasteiger charge is 2.31. The van der Waals surface area contributed by atoms with Crippen molar-refractivity contribution >= 4 is 21.4 Å². The number of nitro benzene ring substituents is 1. The molecule has 0 amide bonds. The van der Waals surface area contributed by atoms with E-state index in [1.807, 2.05) is 6.92 Å². The van der Waals surface area contributed by atoms with Gasteiger partial charge in [0, 0.05) is 31.7 Å². The smallest absolute Gasteiger partial charge is 0.293 e. The van der Waals surface area contributed by atoms with Crippen molar-refractivity contribution in [3.05, 3.63) is 28.3 Å². The molecule has 26 heavy (non-hydrogen) atoms. The molecule has 1 aromatic rings. The van der Waals surface area contributed by atoms with Gasteiger partial charge in [-0.25, -0.2) is 8.42 Å². The molecule has 8 heteroatoms. The van der Waals surface area contributed by atoms with E-state index in [1.165, 1.54) is 22.9 Å². The zero-order valence-corrected chi connectivity index (χ0v) is 16.1. The van der Waals surface area contributed by atoms with Crippen LogP contribution < -0.4 is 4.90 Å². The predicted octanol–water partition coefficient (Wildman–Crippen LogP) is 3.54. The molecular weight excluding hydrogens is 354 g/mol. The number of rotatable bonds is 6. The van der Waals surface area contributed by atoms with Gasteiger partial charge < -0.3 is 4.90 Å². The van der Waals surface area contributed by atoms with E-state index >= 15 is 0 Å². The quantitative estimate of drug-likeness (QED) is 0.556. The number of benzene rings is 1. The van der Waals surface area contributed by atoms with E-state index in [0.29, 0.717) is 25.3 Å². The summed E-state index contributed by atoms with van der Waals surface area (Å²) in [4.78, 5) is 13.3. The molecule has 0 atom stereocenters. The average Bonchev–Trinajstić information content (AvgIpc) is 3.19. The minimum Gasteiger partial charge on any atom is -0.363 e. The number of hydrogen-bond donors (Lipinski definition) is 0. The molecule has 1 saturated heterocycles. The third-order valence-corrected chi connectivity index (χ3v) is 7.41. The fourth-order valence-corrected chi connectivity index (χ4v) is 5.69. The molecule has 1 aromatic carbocycles. The maximum Gasteiger partial charge on any atom is 0.293 e. The number of hydrogen-bond acceptors (Lipinski definition) is 5. The summed E-state index contributed by atoms with van der Waals surface area (Å²) in [6.07, 6.45) is 7.21. The van der Waals surface area contributed by atoms with Crippen LogP contribution in [-0.2, 0) is 10.0 Å². The second kappa shape index (κ2) is 7.92. The largest absolute Gasteiger partial charge is 0.363 e. The molecule has 0 unspecified atom stereocenters. The van der Waals surface area contributed by atoms with E-state index < -0.39 is 14.9 Å². The van der Waals surface area contributed by atoms with Crippen molar-refractivity contribution < 1.29 is 13.3 Å². The first-order chi connectivity index (χ1) is 12.4. The monoisotopic (exact) mass is 381 g/mol. The Kier molecular flexibility index (Phi) is 5.82. The van der Waals surface area contributed by atoms with Gasteiger partial charge in [-0.05, 0) is 44.7 Å². The lowest BCUT2D eigenvalue weighted by atomic mass is 9.93. The van der Waals surface area contributed by atoms with Gasteiger partial charge in [-0.3, -0.25) is 10.1 Å². The molecule has 1 heterocycles. The van der Waals surface area contributed by atoms with Crippen molar-refractivity contribution in [3.8, 4) is 0 Å². The van der Waals surface area contributed by atoms with E-state index in [0.717, 1.165) is 38.5 Å². The SMILES string of the molecule is CCN(c1ccc(S(=O)(=O)N2CCCC2)cc1[N+](=O)[O-])C1CCCCC1. The van der Waals surface area contributed by atoms with E-state index in [-0.39, 0.29) is 16.6 Å². The minimum absolute atomic E-state index is 0.0227. The zero-order chi connectivity index (χ0) is 18.7. The normalized spacial score (nSPS) is 19.6. The van der Waals surface area contributed by atoms with Gasteiger partial charge in [-0.15, -0.1) is 0 Å². The summed E-state index contributed by atoms with van der Waals surface area (Å²) >= 11 is 0. The molecule has 1 saturated carbocycles. The molecule has 1 aliphatic heterocycles. The molecule has 2 aliphatic rings. The highest BCUT2D eigenvalue weighted by atomic mass is 32.2. The molecule has 1 aliphatic carbocycles. The lowest BCUT2D eigenvalue weighted by Crippen LogP contribution is -2.37. The summed E-state index contributed by atoms with van der Waals surface area (Å²) in [5, 5.41) is 11.7. The molecule has 2 fully saturated rings. The lowest BCUT2D eigenvalue weighted by Gasteiger charge is -2.35. The topological polar surface area (TPSA) is 83.8 Å². The zero-order valence-electron chi connectivity index (χ0n) is 15.3. The molecule has 0 aromatic heterocycles. The Morgan fingerprint density at radius 1 is 1.15 bits per heavy atom. The van der Waals surface area contributed by atoms with Crippen LogP contribution in [0.3, 0.4) is 0 Å². The molecular formula is C18H27N3O4S. The number of sulfonamides is 1. The standard InChI is InChI=1S/C18H27N3O4S/c1-2-20(15-8-4-3-5-9-15)17-11-10-16(14-18(17)21(22)23)26(24,25)19-12-6-7-13-19/h10-11,14-15H,2-9,12-13H2,1H3. The average molecular weight is 381 g/mol. The Balaban J connectivity index is 1.97. The van der Waals surface area contributed by atoms with Gasteiger partial charge >= 0.3 is 0 Å². The molecule has 7 nitrogen and oxygen atoms in total. The first-order valence-corrected chi connectivity index (χ1v) is 10.9. The summed E-state index contributed by atoms with van der Waals surface area (Å²) < 4.78 is 26.9. The molecule has 0 radical (unpaired) electrons. The maximum atomic E-state index is 12.8. The first kappa shape index (κ1) is 19.1. The fourth-order valence-electron chi connectivity index (χ4n) is 4.15. The summed E-state index contributed by atoms with van der Waals surface area (Å²) in [6, 6.07) is 4.68. The van der Waals surface area contributed by atoms with Crippen molar-refractivity contribution in [1.29, 1.82) is 0 Å². The van der Waals surface area contributed by atoms with Crippen molar-refractivity contribution in [2.45, 2.75) is 62.8 Å². The van der Waals surface area contributed by atoms with Crippen LogP contribution in [0.2, 0.25) is 0 Å². The van der Waals surface area contributed by atoms with Crippen LogP contribution in [-0.4, -0.2) is 43.3 Å². The Hall–Kier alpha value is -1.67. The predicted molar refractivity (Wildman–Crippen MR) is 101 cm³/mol. The molecule has 3 rings (SSSR count). The summed E-state index contributed by atoms with van der Waals surface area (Å²) in [7, 11) is -3.66. The molecule has 0 spiro atoms. The van der Waals surface area contributed by atoms with Crippen LogP contribution >= 0.6 is 0 Å². The van der Waals surface area contributed by atoms with E-state index in [9.17, 15) is 18.5 Å². The fraction of sp³-hybridized carbons (Fsp3) is 0.667. The highest BCUT2D eigenvalue weighted by Crippen LogP contribution is 2.36. The Morgan fingerprint density at radius 2 is 1.81 bits per heavy atom. The second-order valence-corrected chi connectivity index (χ2v) is 9.03. The Morgan fingerprint density at radius 3 is 2.38 bits per heavy atom. The van der Waals surface area contributed by atoms with Gasteiger partial charge in [0.25, 0.3) is 5.69 Å². The molecule has 0 N–H and O–H groups in total. The summed E-state index contributed by atoms with van der Waals surface area (Å²) in [5.74, 6) is 0. The Bertz CT molecular complexity index is 754. The van der Waals surface area contributed by atoms with Crippen molar-refractivity contribution in [2.75, 3.05) is 24.5 Å². The summed E-state index contributed by atoms with van der Waals surface area (Å²) in [5.41, 5.74) is 0.419.